The molecule has 0 radical (unpaired) electrons. The Morgan fingerprint density at radius 3 is 2.48 bits per heavy atom. The Balaban J connectivity index is 0.00000312. The summed E-state index contributed by atoms with van der Waals surface area (Å²) in [7, 11) is 0. The molecule has 1 amide bonds. The zero-order valence-electron chi connectivity index (χ0n) is 13.0. The van der Waals surface area contributed by atoms with Gasteiger partial charge in [0.1, 0.15) is 12.2 Å². The third-order valence-corrected chi connectivity index (χ3v) is 3.15. The lowest BCUT2D eigenvalue weighted by atomic mass is 10.1. The maximum absolute atomic E-state index is 12.8. The van der Waals surface area contributed by atoms with Gasteiger partial charge in [0.25, 0.3) is 5.91 Å². The second-order valence-electron chi connectivity index (χ2n) is 4.86. The van der Waals surface area contributed by atoms with Gasteiger partial charge < -0.3 is 15.8 Å². The topological polar surface area (TPSA) is 77.2 Å². The molecule has 5 nitrogen and oxygen atoms in total. The maximum atomic E-state index is 12.8. The average Bonchev–Trinajstić information content (AvgIpc) is 2.58. The Morgan fingerprint density at radius 2 is 1.88 bits per heavy atom. The second-order valence-corrected chi connectivity index (χ2v) is 4.86. The van der Waals surface area contributed by atoms with Crippen molar-refractivity contribution in [2.24, 2.45) is 5.73 Å². The molecule has 2 aromatic rings. The quantitative estimate of drug-likeness (QED) is 0.761. The number of alkyl halides is 3. The summed E-state index contributed by atoms with van der Waals surface area (Å²) in [6.07, 6.45) is -3.33. The molecule has 25 heavy (non-hydrogen) atoms. The van der Waals surface area contributed by atoms with Crippen LogP contribution in [0.1, 0.15) is 21.5 Å². The summed E-state index contributed by atoms with van der Waals surface area (Å²) in [6.45, 7) is 0.291. The van der Waals surface area contributed by atoms with Gasteiger partial charge in [0.15, 0.2) is 0 Å². The van der Waals surface area contributed by atoms with E-state index in [0.717, 1.165) is 11.6 Å². The van der Waals surface area contributed by atoms with Crippen molar-refractivity contribution in [3.63, 3.8) is 0 Å². The fourth-order valence-corrected chi connectivity index (χ4v) is 1.93. The SMILES string of the molecule is Cl.NCc1ccc(C(=O)NCCOc2ncccc2C(F)(F)F)cc1. The highest BCUT2D eigenvalue weighted by Gasteiger charge is 2.34. The van der Waals surface area contributed by atoms with E-state index in [9.17, 15) is 18.0 Å². The number of ether oxygens (including phenoxy) is 1. The molecule has 3 N–H and O–H groups in total. The Hall–Kier alpha value is -2.32. The van der Waals surface area contributed by atoms with E-state index < -0.39 is 17.6 Å². The third-order valence-electron chi connectivity index (χ3n) is 3.15. The Morgan fingerprint density at radius 1 is 1.20 bits per heavy atom. The van der Waals surface area contributed by atoms with Crippen molar-refractivity contribution in [2.75, 3.05) is 13.2 Å². The van der Waals surface area contributed by atoms with Crippen LogP contribution >= 0.6 is 12.4 Å². The summed E-state index contributed by atoms with van der Waals surface area (Å²) in [5.41, 5.74) is 5.84. The molecule has 2 rings (SSSR count). The average molecular weight is 376 g/mol. The number of halogens is 4. The number of benzene rings is 1. The number of nitrogens with two attached hydrogens (primary N) is 1. The second kappa shape index (κ2) is 9.24. The molecule has 136 valence electrons. The van der Waals surface area contributed by atoms with E-state index in [1.54, 1.807) is 24.3 Å². The van der Waals surface area contributed by atoms with Crippen LogP contribution in [0, 0.1) is 0 Å². The zero-order chi connectivity index (χ0) is 17.6. The van der Waals surface area contributed by atoms with Gasteiger partial charge in [0.2, 0.25) is 5.88 Å². The van der Waals surface area contributed by atoms with E-state index in [4.69, 9.17) is 10.5 Å². The van der Waals surface area contributed by atoms with Crippen molar-refractivity contribution in [3.05, 3.63) is 59.3 Å². The van der Waals surface area contributed by atoms with E-state index in [-0.39, 0.29) is 31.5 Å². The fourth-order valence-electron chi connectivity index (χ4n) is 1.93. The van der Waals surface area contributed by atoms with Crippen molar-refractivity contribution in [3.8, 4) is 5.88 Å². The number of amides is 1. The van der Waals surface area contributed by atoms with Gasteiger partial charge in [0, 0.05) is 18.3 Å². The summed E-state index contributed by atoms with van der Waals surface area (Å²) < 4.78 is 43.3. The number of hydrogen-bond donors (Lipinski definition) is 2. The predicted octanol–water partition coefficient (Wildman–Crippen LogP) is 2.79. The molecule has 0 bridgehead atoms. The Labute approximate surface area is 148 Å². The van der Waals surface area contributed by atoms with Gasteiger partial charge in [-0.05, 0) is 29.8 Å². The Bertz CT molecular complexity index is 694. The number of pyridine rings is 1. The van der Waals surface area contributed by atoms with Gasteiger partial charge in [-0.3, -0.25) is 4.79 Å². The maximum Gasteiger partial charge on any atom is 0.421 e. The van der Waals surface area contributed by atoms with Gasteiger partial charge >= 0.3 is 6.18 Å². The molecule has 0 aliphatic rings. The first kappa shape index (κ1) is 20.7. The first-order chi connectivity index (χ1) is 11.4. The van der Waals surface area contributed by atoms with Crippen LogP contribution in [0.3, 0.4) is 0 Å². The van der Waals surface area contributed by atoms with E-state index in [1.165, 1.54) is 12.3 Å². The standard InChI is InChI=1S/C16H16F3N3O2.ClH/c17-16(18,19)13-2-1-7-22-15(13)24-9-8-21-14(23)12-5-3-11(10-20)4-6-12;/h1-7H,8-10,20H2,(H,21,23);1H. The molecule has 0 aliphatic carbocycles. The summed E-state index contributed by atoms with van der Waals surface area (Å²) in [4.78, 5) is 15.5. The molecule has 1 heterocycles. The third kappa shape index (κ3) is 5.91. The molecule has 0 spiro atoms. The molecular weight excluding hydrogens is 359 g/mol. The van der Waals surface area contributed by atoms with Gasteiger partial charge in [0.05, 0.1) is 6.54 Å². The number of nitrogens with zero attached hydrogens (tertiary/aromatic N) is 1. The summed E-state index contributed by atoms with van der Waals surface area (Å²) in [5, 5.41) is 2.56. The number of nitrogens with one attached hydrogen (secondary N) is 1. The summed E-state index contributed by atoms with van der Waals surface area (Å²) in [6, 6.07) is 8.78. The summed E-state index contributed by atoms with van der Waals surface area (Å²) in [5.74, 6) is -0.856. The lowest BCUT2D eigenvalue weighted by Gasteiger charge is -2.12. The Kier molecular flexibility index (Phi) is 7.66. The number of rotatable bonds is 6. The highest BCUT2D eigenvalue weighted by Crippen LogP contribution is 2.34. The van der Waals surface area contributed by atoms with Crippen LogP contribution < -0.4 is 15.8 Å². The van der Waals surface area contributed by atoms with Crippen LogP contribution in [0.2, 0.25) is 0 Å². The van der Waals surface area contributed by atoms with Crippen molar-refractivity contribution < 1.29 is 22.7 Å². The monoisotopic (exact) mass is 375 g/mol. The van der Waals surface area contributed by atoms with E-state index in [1.807, 2.05) is 0 Å². The van der Waals surface area contributed by atoms with Crippen LogP contribution in [-0.4, -0.2) is 24.0 Å². The lowest BCUT2D eigenvalue weighted by molar-refractivity contribution is -0.139. The first-order valence-electron chi connectivity index (χ1n) is 7.14. The zero-order valence-corrected chi connectivity index (χ0v) is 13.9. The van der Waals surface area contributed by atoms with E-state index in [2.05, 4.69) is 10.3 Å². The minimum Gasteiger partial charge on any atom is -0.475 e. The molecule has 0 atom stereocenters. The largest absolute Gasteiger partial charge is 0.475 e. The van der Waals surface area contributed by atoms with Crippen LogP contribution in [0.25, 0.3) is 0 Å². The minimum absolute atomic E-state index is 0. The lowest BCUT2D eigenvalue weighted by Crippen LogP contribution is -2.28. The molecule has 1 aromatic heterocycles. The van der Waals surface area contributed by atoms with Crippen molar-refractivity contribution in [1.29, 1.82) is 0 Å². The van der Waals surface area contributed by atoms with E-state index in [0.29, 0.717) is 12.1 Å². The number of carbonyl (C=O) groups excluding carboxylic acids is 1. The molecule has 0 saturated carbocycles. The van der Waals surface area contributed by atoms with Crippen LogP contribution in [-0.2, 0) is 12.7 Å². The molecule has 0 unspecified atom stereocenters. The first-order valence-corrected chi connectivity index (χ1v) is 7.14. The van der Waals surface area contributed by atoms with Crippen LogP contribution in [0.4, 0.5) is 13.2 Å². The summed E-state index contributed by atoms with van der Waals surface area (Å²) >= 11 is 0. The predicted molar refractivity (Wildman–Crippen MR) is 88.6 cm³/mol. The van der Waals surface area contributed by atoms with Crippen LogP contribution in [0.5, 0.6) is 5.88 Å². The van der Waals surface area contributed by atoms with E-state index >= 15 is 0 Å². The number of hydrogen-bond acceptors (Lipinski definition) is 4. The van der Waals surface area contributed by atoms with Crippen molar-refractivity contribution >= 4 is 18.3 Å². The van der Waals surface area contributed by atoms with Crippen molar-refractivity contribution in [1.82, 2.24) is 10.3 Å². The molecular formula is C16H17ClF3N3O2. The van der Waals surface area contributed by atoms with Gasteiger partial charge in [-0.1, -0.05) is 12.1 Å². The molecule has 9 heteroatoms. The fraction of sp³-hybridized carbons (Fsp3) is 0.250. The smallest absolute Gasteiger partial charge is 0.421 e. The highest BCUT2D eigenvalue weighted by atomic mass is 35.5. The van der Waals surface area contributed by atoms with Gasteiger partial charge in [-0.25, -0.2) is 4.98 Å². The van der Waals surface area contributed by atoms with Crippen LogP contribution in [0.15, 0.2) is 42.6 Å². The highest BCUT2D eigenvalue weighted by molar-refractivity contribution is 5.94. The normalized spacial score (nSPS) is 10.7. The number of aromatic nitrogens is 1. The molecule has 0 fully saturated rings. The minimum atomic E-state index is -4.54. The molecule has 0 saturated heterocycles. The molecule has 1 aromatic carbocycles. The molecule has 0 aliphatic heterocycles. The van der Waals surface area contributed by atoms with Gasteiger partial charge in [-0.2, -0.15) is 13.2 Å². The van der Waals surface area contributed by atoms with Crippen molar-refractivity contribution in [2.45, 2.75) is 12.7 Å². The van der Waals surface area contributed by atoms with Gasteiger partial charge in [-0.15, -0.1) is 12.4 Å². The number of carbonyl (C=O) groups is 1.